The van der Waals surface area contributed by atoms with Crippen molar-refractivity contribution in [3.05, 3.63) is 29.6 Å². The molecule has 1 aliphatic heterocycles. The number of benzene rings is 1. The topological polar surface area (TPSA) is 15.3 Å². The Morgan fingerprint density at radius 2 is 2.18 bits per heavy atom. The van der Waals surface area contributed by atoms with Gasteiger partial charge in [0, 0.05) is 36.9 Å². The largest absolute Gasteiger partial charge is 0.365 e. The molecule has 0 amide bonds. The Labute approximate surface area is 103 Å². The van der Waals surface area contributed by atoms with E-state index in [2.05, 4.69) is 24.1 Å². The van der Waals surface area contributed by atoms with Crippen LogP contribution in [0, 0.1) is 18.7 Å². The molecule has 0 aliphatic carbocycles. The number of nitrogens with zero attached hydrogens (tertiary/aromatic N) is 1. The zero-order chi connectivity index (χ0) is 12.4. The molecular formula is C14H21FN2. The van der Waals surface area contributed by atoms with Crippen LogP contribution < -0.4 is 10.2 Å². The van der Waals surface area contributed by atoms with Crippen molar-refractivity contribution in [1.29, 1.82) is 0 Å². The number of hydrogen-bond donors (Lipinski definition) is 1. The molecular weight excluding hydrogens is 215 g/mol. The maximum atomic E-state index is 13.6. The summed E-state index contributed by atoms with van der Waals surface area (Å²) in [7, 11) is 0. The number of piperazine rings is 1. The highest BCUT2D eigenvalue weighted by Gasteiger charge is 2.26. The molecule has 0 saturated carbocycles. The van der Waals surface area contributed by atoms with Crippen LogP contribution in [-0.4, -0.2) is 25.7 Å². The second-order valence-electron chi connectivity index (χ2n) is 5.09. The number of anilines is 1. The zero-order valence-electron chi connectivity index (χ0n) is 10.8. The second kappa shape index (κ2) is 5.05. The molecule has 0 radical (unpaired) electrons. The minimum Gasteiger partial charge on any atom is -0.365 e. The highest BCUT2D eigenvalue weighted by molar-refractivity contribution is 5.55. The molecule has 17 heavy (non-hydrogen) atoms. The fourth-order valence-corrected chi connectivity index (χ4v) is 2.53. The lowest BCUT2D eigenvalue weighted by Gasteiger charge is -2.41. The third kappa shape index (κ3) is 2.44. The third-order valence-corrected chi connectivity index (χ3v) is 3.60. The Bertz CT molecular complexity index is 390. The lowest BCUT2D eigenvalue weighted by atomic mass is 9.98. The van der Waals surface area contributed by atoms with E-state index < -0.39 is 0 Å². The van der Waals surface area contributed by atoms with Gasteiger partial charge in [0.25, 0.3) is 0 Å². The number of nitrogens with one attached hydrogen (secondary N) is 1. The predicted molar refractivity (Wildman–Crippen MR) is 70.0 cm³/mol. The molecule has 0 spiro atoms. The number of rotatable bonds is 2. The molecule has 1 fully saturated rings. The van der Waals surface area contributed by atoms with Gasteiger partial charge < -0.3 is 10.2 Å². The Morgan fingerprint density at radius 3 is 2.88 bits per heavy atom. The average Bonchev–Trinajstić information content (AvgIpc) is 2.33. The van der Waals surface area contributed by atoms with Crippen molar-refractivity contribution in [2.75, 3.05) is 24.5 Å². The van der Waals surface area contributed by atoms with Gasteiger partial charge >= 0.3 is 0 Å². The van der Waals surface area contributed by atoms with Crippen molar-refractivity contribution in [1.82, 2.24) is 5.32 Å². The fraction of sp³-hybridized carbons (Fsp3) is 0.571. The van der Waals surface area contributed by atoms with Crippen LogP contribution in [-0.2, 0) is 0 Å². The molecule has 2 nitrogen and oxygen atoms in total. The van der Waals surface area contributed by atoms with Crippen LogP contribution in [0.1, 0.15) is 19.4 Å². The van der Waals surface area contributed by atoms with Crippen LogP contribution in [0.3, 0.4) is 0 Å². The molecule has 1 heterocycles. The summed E-state index contributed by atoms with van der Waals surface area (Å²) in [5.74, 6) is 0.453. The minimum atomic E-state index is -0.108. The molecule has 1 saturated heterocycles. The zero-order valence-corrected chi connectivity index (χ0v) is 10.8. The summed E-state index contributed by atoms with van der Waals surface area (Å²) in [4.78, 5) is 2.35. The highest BCUT2D eigenvalue weighted by Crippen LogP contribution is 2.27. The lowest BCUT2D eigenvalue weighted by molar-refractivity contribution is 0.389. The summed E-state index contributed by atoms with van der Waals surface area (Å²) in [5, 5.41) is 3.41. The van der Waals surface area contributed by atoms with Crippen molar-refractivity contribution < 1.29 is 4.39 Å². The van der Waals surface area contributed by atoms with Crippen molar-refractivity contribution in [3.63, 3.8) is 0 Å². The van der Waals surface area contributed by atoms with Gasteiger partial charge in [-0.15, -0.1) is 0 Å². The van der Waals surface area contributed by atoms with Gasteiger partial charge in [-0.05, 0) is 25.0 Å². The van der Waals surface area contributed by atoms with Crippen LogP contribution in [0.15, 0.2) is 18.2 Å². The van der Waals surface area contributed by atoms with Gasteiger partial charge in [0.1, 0.15) is 5.82 Å². The smallest absolute Gasteiger partial charge is 0.128 e. The van der Waals surface area contributed by atoms with Crippen molar-refractivity contribution in [3.8, 4) is 0 Å². The van der Waals surface area contributed by atoms with Crippen LogP contribution in [0.4, 0.5) is 10.1 Å². The first-order chi connectivity index (χ1) is 8.11. The molecule has 2 rings (SSSR count). The van der Waals surface area contributed by atoms with E-state index in [1.165, 1.54) is 6.07 Å². The van der Waals surface area contributed by atoms with Crippen molar-refractivity contribution in [2.24, 2.45) is 5.92 Å². The summed E-state index contributed by atoms with van der Waals surface area (Å²) in [6.45, 7) is 9.21. The van der Waals surface area contributed by atoms with E-state index in [1.807, 2.05) is 13.0 Å². The summed E-state index contributed by atoms with van der Waals surface area (Å²) < 4.78 is 13.6. The molecule has 1 aromatic carbocycles. The van der Waals surface area contributed by atoms with E-state index >= 15 is 0 Å². The standard InChI is InChI=1S/C14H21FN2/c1-10(2)14-9-16-7-8-17(14)13-6-4-5-12(15)11(13)3/h4-6,10,14,16H,7-9H2,1-3H3. The van der Waals surface area contributed by atoms with Gasteiger partial charge in [-0.2, -0.15) is 0 Å². The maximum Gasteiger partial charge on any atom is 0.128 e. The maximum absolute atomic E-state index is 13.6. The Kier molecular flexibility index (Phi) is 3.67. The lowest BCUT2D eigenvalue weighted by Crippen LogP contribution is -2.54. The van der Waals surface area contributed by atoms with E-state index in [0.29, 0.717) is 12.0 Å². The van der Waals surface area contributed by atoms with E-state index in [1.54, 1.807) is 6.07 Å². The van der Waals surface area contributed by atoms with Gasteiger partial charge in [-0.25, -0.2) is 4.39 Å². The predicted octanol–water partition coefficient (Wildman–Crippen LogP) is 2.57. The average molecular weight is 236 g/mol. The summed E-state index contributed by atoms with van der Waals surface area (Å²) >= 11 is 0. The molecule has 1 aliphatic rings. The van der Waals surface area contributed by atoms with E-state index in [4.69, 9.17) is 0 Å². The minimum absolute atomic E-state index is 0.108. The Morgan fingerprint density at radius 1 is 1.41 bits per heavy atom. The summed E-state index contributed by atoms with van der Waals surface area (Å²) in [6, 6.07) is 5.81. The number of halogens is 1. The van der Waals surface area contributed by atoms with Gasteiger partial charge in [-0.1, -0.05) is 19.9 Å². The highest BCUT2D eigenvalue weighted by atomic mass is 19.1. The molecule has 0 aromatic heterocycles. The summed E-state index contributed by atoms with van der Waals surface area (Å²) in [6.07, 6.45) is 0. The van der Waals surface area contributed by atoms with Gasteiger partial charge in [0.05, 0.1) is 0 Å². The van der Waals surface area contributed by atoms with E-state index in [0.717, 1.165) is 30.9 Å². The van der Waals surface area contributed by atoms with Crippen LogP contribution >= 0.6 is 0 Å². The van der Waals surface area contributed by atoms with Gasteiger partial charge in [0.2, 0.25) is 0 Å². The molecule has 1 N–H and O–H groups in total. The van der Waals surface area contributed by atoms with Crippen LogP contribution in [0.25, 0.3) is 0 Å². The monoisotopic (exact) mass is 236 g/mol. The first-order valence-electron chi connectivity index (χ1n) is 6.33. The second-order valence-corrected chi connectivity index (χ2v) is 5.09. The van der Waals surface area contributed by atoms with Crippen LogP contribution in [0.5, 0.6) is 0 Å². The fourth-order valence-electron chi connectivity index (χ4n) is 2.53. The Balaban J connectivity index is 2.33. The third-order valence-electron chi connectivity index (χ3n) is 3.60. The molecule has 0 bridgehead atoms. The van der Waals surface area contributed by atoms with Crippen molar-refractivity contribution in [2.45, 2.75) is 26.8 Å². The quantitative estimate of drug-likeness (QED) is 0.849. The molecule has 1 atom stereocenters. The van der Waals surface area contributed by atoms with Crippen LogP contribution in [0.2, 0.25) is 0 Å². The van der Waals surface area contributed by atoms with Gasteiger partial charge in [0.15, 0.2) is 0 Å². The molecule has 1 aromatic rings. The normalized spacial score (nSPS) is 21.0. The van der Waals surface area contributed by atoms with E-state index in [-0.39, 0.29) is 5.82 Å². The Hall–Kier alpha value is -1.09. The van der Waals surface area contributed by atoms with E-state index in [9.17, 15) is 4.39 Å². The molecule has 3 heteroatoms. The SMILES string of the molecule is Cc1c(F)cccc1N1CCNCC1C(C)C. The van der Waals surface area contributed by atoms with Crippen molar-refractivity contribution >= 4 is 5.69 Å². The first-order valence-corrected chi connectivity index (χ1v) is 6.33. The number of hydrogen-bond acceptors (Lipinski definition) is 2. The first kappa shape index (κ1) is 12.4. The van der Waals surface area contributed by atoms with Gasteiger partial charge in [-0.3, -0.25) is 0 Å². The molecule has 94 valence electrons. The summed E-state index contributed by atoms with van der Waals surface area (Å²) in [5.41, 5.74) is 1.81. The molecule has 1 unspecified atom stereocenters.